The van der Waals surface area contributed by atoms with E-state index in [1.165, 1.54) is 0 Å². The molecule has 0 aliphatic heterocycles. The topological polar surface area (TPSA) is 59.4 Å². The first kappa shape index (κ1) is 11.6. The number of nitrogens with zero attached hydrogens (tertiary/aromatic N) is 1. The number of aromatic hydroxyl groups is 1. The Kier molecular flexibility index (Phi) is 3.41. The first-order chi connectivity index (χ1) is 6.99. The van der Waals surface area contributed by atoms with E-state index in [1.807, 2.05) is 0 Å². The summed E-state index contributed by atoms with van der Waals surface area (Å²) in [4.78, 5) is 14.1. The maximum absolute atomic E-state index is 12.5. The number of hydrogen-bond donors (Lipinski definition) is 1. The Labute approximate surface area is 88.4 Å². The number of alkyl halides is 2. The van der Waals surface area contributed by atoms with E-state index >= 15 is 0 Å². The third-order valence-corrected chi connectivity index (χ3v) is 1.86. The molecule has 0 fully saturated rings. The van der Waals surface area contributed by atoms with E-state index in [-0.39, 0.29) is 5.75 Å². The van der Waals surface area contributed by atoms with Gasteiger partial charge in [-0.1, -0.05) is 0 Å². The minimum absolute atomic E-state index is 0.302. The van der Waals surface area contributed by atoms with Crippen LogP contribution in [0, 0.1) is 0 Å². The lowest BCUT2D eigenvalue weighted by molar-refractivity contribution is 0.107. The molecule has 0 aliphatic carbocycles. The van der Waals surface area contributed by atoms with Crippen molar-refractivity contribution in [3.8, 4) is 11.5 Å². The molecular formula is C8H6ClF2NO3. The lowest BCUT2D eigenvalue weighted by Gasteiger charge is -2.10. The number of carbonyl (C=O) groups is 1. The maximum Gasteiger partial charge on any atom is 0.274 e. The molecule has 0 spiro atoms. The van der Waals surface area contributed by atoms with Crippen LogP contribution in [0.2, 0.25) is 0 Å². The second-order valence-corrected chi connectivity index (χ2v) is 2.86. The summed E-state index contributed by atoms with van der Waals surface area (Å²) in [7, 11) is 1.14. The van der Waals surface area contributed by atoms with Crippen LogP contribution in [0.1, 0.15) is 22.5 Å². The highest BCUT2D eigenvalue weighted by Crippen LogP contribution is 2.37. The molecule has 82 valence electrons. The van der Waals surface area contributed by atoms with E-state index in [9.17, 15) is 18.7 Å². The van der Waals surface area contributed by atoms with E-state index < -0.39 is 28.7 Å². The predicted octanol–water partition coefficient (Wildman–Crippen LogP) is 2.11. The predicted molar refractivity (Wildman–Crippen MR) is 47.6 cm³/mol. The van der Waals surface area contributed by atoms with Gasteiger partial charge < -0.3 is 9.84 Å². The minimum Gasteiger partial charge on any atom is -0.505 e. The molecule has 1 aromatic rings. The SMILES string of the molecule is COc1cnc(C(=O)Cl)c(O)c1C(F)F. The van der Waals surface area contributed by atoms with Gasteiger partial charge in [0.15, 0.2) is 11.4 Å². The molecule has 15 heavy (non-hydrogen) atoms. The van der Waals surface area contributed by atoms with Crippen molar-refractivity contribution in [1.29, 1.82) is 0 Å². The summed E-state index contributed by atoms with van der Waals surface area (Å²) in [6, 6.07) is 0. The smallest absolute Gasteiger partial charge is 0.274 e. The Morgan fingerprint density at radius 2 is 2.27 bits per heavy atom. The molecule has 0 bridgehead atoms. The van der Waals surface area contributed by atoms with Gasteiger partial charge in [-0.15, -0.1) is 0 Å². The third kappa shape index (κ3) is 2.15. The number of ether oxygens (including phenoxy) is 1. The Bertz CT molecular complexity index is 398. The molecule has 1 aromatic heterocycles. The number of aromatic nitrogens is 1. The Balaban J connectivity index is 3.42. The minimum atomic E-state index is -2.99. The van der Waals surface area contributed by atoms with Gasteiger partial charge in [0.05, 0.1) is 13.3 Å². The average Bonchev–Trinajstić information content (AvgIpc) is 2.15. The Hall–Kier alpha value is -1.43. The number of pyridine rings is 1. The normalized spacial score (nSPS) is 10.5. The quantitative estimate of drug-likeness (QED) is 0.818. The molecule has 0 amide bonds. The van der Waals surface area contributed by atoms with Gasteiger partial charge in [-0.05, 0) is 11.6 Å². The van der Waals surface area contributed by atoms with Gasteiger partial charge in [0, 0.05) is 0 Å². The molecule has 1 N–H and O–H groups in total. The summed E-state index contributed by atoms with van der Waals surface area (Å²) in [6.45, 7) is 0. The lowest BCUT2D eigenvalue weighted by Crippen LogP contribution is -2.01. The van der Waals surface area contributed by atoms with Crippen LogP contribution in [-0.4, -0.2) is 22.4 Å². The molecule has 0 radical (unpaired) electrons. The van der Waals surface area contributed by atoms with Crippen LogP contribution >= 0.6 is 11.6 Å². The van der Waals surface area contributed by atoms with Crippen molar-refractivity contribution < 1.29 is 23.4 Å². The summed E-state index contributed by atoms with van der Waals surface area (Å²) < 4.78 is 29.6. The van der Waals surface area contributed by atoms with Crippen LogP contribution in [0.4, 0.5) is 8.78 Å². The molecule has 0 unspecified atom stereocenters. The van der Waals surface area contributed by atoms with Gasteiger partial charge >= 0.3 is 0 Å². The molecule has 1 heterocycles. The Morgan fingerprint density at radius 1 is 1.67 bits per heavy atom. The third-order valence-electron chi connectivity index (χ3n) is 1.68. The fraction of sp³-hybridized carbons (Fsp3) is 0.250. The van der Waals surface area contributed by atoms with Crippen LogP contribution in [0.25, 0.3) is 0 Å². The van der Waals surface area contributed by atoms with Gasteiger partial charge in [-0.3, -0.25) is 4.79 Å². The number of rotatable bonds is 3. The molecule has 1 rings (SSSR count). The second-order valence-electron chi connectivity index (χ2n) is 2.51. The molecule has 0 aliphatic rings. The monoisotopic (exact) mass is 237 g/mol. The zero-order valence-electron chi connectivity index (χ0n) is 7.50. The molecule has 0 saturated carbocycles. The van der Waals surface area contributed by atoms with Crippen LogP contribution in [0.5, 0.6) is 11.5 Å². The highest BCUT2D eigenvalue weighted by Gasteiger charge is 2.24. The highest BCUT2D eigenvalue weighted by atomic mass is 35.5. The Morgan fingerprint density at radius 3 is 2.67 bits per heavy atom. The van der Waals surface area contributed by atoms with Gasteiger partial charge in [0.25, 0.3) is 11.7 Å². The highest BCUT2D eigenvalue weighted by molar-refractivity contribution is 6.67. The molecule has 0 saturated heterocycles. The van der Waals surface area contributed by atoms with Crippen molar-refractivity contribution in [2.24, 2.45) is 0 Å². The van der Waals surface area contributed by atoms with E-state index in [4.69, 9.17) is 11.6 Å². The summed E-state index contributed by atoms with van der Waals surface area (Å²) in [5.74, 6) is -1.26. The van der Waals surface area contributed by atoms with Crippen LogP contribution < -0.4 is 4.74 Å². The molecule has 0 aromatic carbocycles. The van der Waals surface area contributed by atoms with Gasteiger partial charge in [0.1, 0.15) is 11.3 Å². The van der Waals surface area contributed by atoms with Crippen molar-refractivity contribution in [3.63, 3.8) is 0 Å². The molecular weight excluding hydrogens is 232 g/mol. The number of hydrogen-bond acceptors (Lipinski definition) is 4. The van der Waals surface area contributed by atoms with E-state index in [1.54, 1.807) is 0 Å². The zero-order valence-corrected chi connectivity index (χ0v) is 8.26. The summed E-state index contributed by atoms with van der Waals surface area (Å²) in [6.07, 6.45) is -2.09. The zero-order chi connectivity index (χ0) is 11.6. The lowest BCUT2D eigenvalue weighted by atomic mass is 10.2. The first-order valence-electron chi connectivity index (χ1n) is 3.72. The van der Waals surface area contributed by atoms with Crippen molar-refractivity contribution in [2.45, 2.75) is 6.43 Å². The maximum atomic E-state index is 12.5. The molecule has 0 atom stereocenters. The van der Waals surface area contributed by atoms with Crippen LogP contribution in [0.3, 0.4) is 0 Å². The molecule has 7 heteroatoms. The van der Waals surface area contributed by atoms with E-state index in [2.05, 4.69) is 9.72 Å². The molecule has 4 nitrogen and oxygen atoms in total. The number of carbonyl (C=O) groups excluding carboxylic acids is 1. The standard InChI is InChI=1S/C8H6ClF2NO3/c1-15-3-2-12-5(7(9)14)6(13)4(3)8(10)11/h2,8,13H,1H3. The van der Waals surface area contributed by atoms with Crippen molar-refractivity contribution >= 4 is 16.8 Å². The summed E-state index contributed by atoms with van der Waals surface area (Å²) in [5.41, 5.74) is -1.41. The van der Waals surface area contributed by atoms with E-state index in [0.717, 1.165) is 13.3 Å². The van der Waals surface area contributed by atoms with Gasteiger partial charge in [0.2, 0.25) is 0 Å². The first-order valence-corrected chi connectivity index (χ1v) is 4.10. The fourth-order valence-corrected chi connectivity index (χ4v) is 1.15. The fourth-order valence-electron chi connectivity index (χ4n) is 1.02. The van der Waals surface area contributed by atoms with Crippen LogP contribution in [0.15, 0.2) is 6.20 Å². The number of methoxy groups -OCH3 is 1. The summed E-state index contributed by atoms with van der Waals surface area (Å²) >= 11 is 5.03. The van der Waals surface area contributed by atoms with Crippen molar-refractivity contribution in [1.82, 2.24) is 4.98 Å². The largest absolute Gasteiger partial charge is 0.505 e. The van der Waals surface area contributed by atoms with Gasteiger partial charge in [-0.25, -0.2) is 13.8 Å². The number of halogens is 3. The van der Waals surface area contributed by atoms with Gasteiger partial charge in [-0.2, -0.15) is 0 Å². The van der Waals surface area contributed by atoms with Crippen molar-refractivity contribution in [2.75, 3.05) is 7.11 Å². The summed E-state index contributed by atoms with van der Waals surface area (Å²) in [5, 5.41) is 8.20. The average molecular weight is 238 g/mol. The van der Waals surface area contributed by atoms with Crippen LogP contribution in [-0.2, 0) is 0 Å². The van der Waals surface area contributed by atoms with Crippen molar-refractivity contribution in [3.05, 3.63) is 17.5 Å². The van der Waals surface area contributed by atoms with E-state index in [0.29, 0.717) is 0 Å². The second kappa shape index (κ2) is 4.39.